The second-order valence-corrected chi connectivity index (χ2v) is 8.32. The molecule has 3 aliphatic rings. The molecule has 3 rings (SSSR count). The molecule has 0 aromatic carbocycles. The minimum Gasteiger partial charge on any atom is -0.394 e. The summed E-state index contributed by atoms with van der Waals surface area (Å²) >= 11 is 0. The molecule has 1 saturated carbocycles. The first-order chi connectivity index (χ1) is 14.6. The third-order valence-corrected chi connectivity index (χ3v) is 6.23. The van der Waals surface area contributed by atoms with Crippen LogP contribution in [0.3, 0.4) is 0 Å². The first kappa shape index (κ1) is 25.0. The van der Waals surface area contributed by atoms with Crippen LogP contribution >= 0.6 is 0 Å². The summed E-state index contributed by atoms with van der Waals surface area (Å²) in [7, 11) is 0. The number of aliphatic hydroxyl groups excluding tert-OH is 6. The van der Waals surface area contributed by atoms with Crippen molar-refractivity contribution in [3.8, 4) is 0 Å². The molecule has 0 spiro atoms. The van der Waals surface area contributed by atoms with E-state index in [1.165, 1.54) is 0 Å². The Kier molecular flexibility index (Phi) is 8.18. The number of aliphatic hydroxyl groups is 6. The lowest BCUT2D eigenvalue weighted by molar-refractivity contribution is -0.272. The predicted octanol–water partition coefficient (Wildman–Crippen LogP) is -6.07. The van der Waals surface area contributed by atoms with Crippen molar-refractivity contribution in [2.45, 2.75) is 92.1 Å². The number of hydrogen-bond donors (Lipinski definition) is 10. The molecule has 14 unspecified atom stereocenters. The molecule has 0 amide bonds. The van der Waals surface area contributed by atoms with Gasteiger partial charge in [0, 0.05) is 24.7 Å². The van der Waals surface area contributed by atoms with Gasteiger partial charge in [0.25, 0.3) is 0 Å². The standard InChI is InChI=1S/C17H33FN4O9/c18-8-9(21)16(28)30-14-5(22-6(2-19)11(8)25)1-4(20)10(24)15(14)31-17-13(27)12(26)7(3-23)29-17/h4-17,22-28H,1-3,19-21H2. The van der Waals surface area contributed by atoms with Crippen molar-refractivity contribution in [1.29, 1.82) is 0 Å². The van der Waals surface area contributed by atoms with Crippen molar-refractivity contribution >= 4 is 0 Å². The topological polar surface area (TPSA) is 239 Å². The number of ether oxygens (including phenoxy) is 3. The zero-order valence-corrected chi connectivity index (χ0v) is 16.7. The summed E-state index contributed by atoms with van der Waals surface area (Å²) in [4.78, 5) is 0. The summed E-state index contributed by atoms with van der Waals surface area (Å²) in [5.74, 6) is 0. The van der Waals surface area contributed by atoms with Crippen LogP contribution in [0.5, 0.6) is 0 Å². The largest absolute Gasteiger partial charge is 0.394 e. The van der Waals surface area contributed by atoms with Crippen LogP contribution in [-0.2, 0) is 14.2 Å². The Labute approximate surface area is 177 Å². The Balaban J connectivity index is 1.88. The molecule has 3 fully saturated rings. The smallest absolute Gasteiger partial charge is 0.187 e. The van der Waals surface area contributed by atoms with E-state index in [0.717, 1.165) is 0 Å². The molecule has 2 heterocycles. The molecule has 13 N–H and O–H groups in total. The van der Waals surface area contributed by atoms with Gasteiger partial charge in [0.1, 0.15) is 42.8 Å². The number of rotatable bonds is 4. The molecule has 1 aliphatic carbocycles. The fourth-order valence-corrected chi connectivity index (χ4v) is 4.30. The highest BCUT2D eigenvalue weighted by atomic mass is 19.1. The highest BCUT2D eigenvalue weighted by Crippen LogP contribution is 2.32. The SMILES string of the molecule is NCC1NC2CC(N)C(O)C(OC3OC(CO)C(O)C3O)C2OC(O)C(N)C(F)C1O. The summed E-state index contributed by atoms with van der Waals surface area (Å²) in [5, 5.41) is 63.6. The van der Waals surface area contributed by atoms with Gasteiger partial charge in [0.15, 0.2) is 12.6 Å². The summed E-state index contributed by atoms with van der Waals surface area (Å²) < 4.78 is 31.1. The maximum Gasteiger partial charge on any atom is 0.187 e. The molecule has 14 heteroatoms. The molecular formula is C17H33FN4O9. The van der Waals surface area contributed by atoms with Crippen LogP contribution in [0.1, 0.15) is 6.42 Å². The van der Waals surface area contributed by atoms with Gasteiger partial charge in [-0.3, -0.25) is 0 Å². The first-order valence-electron chi connectivity index (χ1n) is 10.2. The number of halogens is 1. The monoisotopic (exact) mass is 456 g/mol. The average molecular weight is 456 g/mol. The Bertz CT molecular complexity index is 598. The van der Waals surface area contributed by atoms with E-state index >= 15 is 0 Å². The second kappa shape index (κ2) is 10.1. The van der Waals surface area contributed by atoms with E-state index in [9.17, 15) is 35.0 Å². The summed E-state index contributed by atoms with van der Waals surface area (Å²) in [6.45, 7) is -0.762. The molecule has 2 saturated heterocycles. The Morgan fingerprint density at radius 2 is 1.68 bits per heavy atom. The van der Waals surface area contributed by atoms with Crippen molar-refractivity contribution in [2.75, 3.05) is 13.2 Å². The molecule has 13 nitrogen and oxygen atoms in total. The van der Waals surface area contributed by atoms with Gasteiger partial charge in [-0.15, -0.1) is 0 Å². The summed E-state index contributed by atoms with van der Waals surface area (Å²) in [6.07, 6.45) is -14.9. The molecule has 0 radical (unpaired) electrons. The van der Waals surface area contributed by atoms with Gasteiger partial charge in [0.2, 0.25) is 0 Å². The van der Waals surface area contributed by atoms with Crippen LogP contribution < -0.4 is 22.5 Å². The molecule has 2 aliphatic heterocycles. The maximum absolute atomic E-state index is 14.6. The van der Waals surface area contributed by atoms with E-state index in [2.05, 4.69) is 5.32 Å². The van der Waals surface area contributed by atoms with Crippen molar-refractivity contribution < 1.29 is 49.2 Å². The maximum atomic E-state index is 14.6. The average Bonchev–Trinajstić information content (AvgIpc) is 3.03. The van der Waals surface area contributed by atoms with Crippen LogP contribution in [0, 0.1) is 0 Å². The normalized spacial score (nSPS) is 54.0. The van der Waals surface area contributed by atoms with Crippen molar-refractivity contribution in [2.24, 2.45) is 17.2 Å². The third-order valence-electron chi connectivity index (χ3n) is 6.23. The van der Waals surface area contributed by atoms with Crippen LogP contribution in [0.25, 0.3) is 0 Å². The van der Waals surface area contributed by atoms with Crippen LogP contribution in [-0.4, -0.2) is 129 Å². The lowest BCUT2D eigenvalue weighted by Gasteiger charge is -2.45. The van der Waals surface area contributed by atoms with Crippen LogP contribution in [0.4, 0.5) is 4.39 Å². The number of fused-ring (bicyclic) bond motifs is 1. The summed E-state index contributed by atoms with van der Waals surface area (Å²) in [6, 6.07) is -4.25. The van der Waals surface area contributed by atoms with Gasteiger partial charge >= 0.3 is 0 Å². The zero-order valence-electron chi connectivity index (χ0n) is 16.7. The van der Waals surface area contributed by atoms with E-state index < -0.39 is 92.3 Å². The molecule has 0 aromatic heterocycles. The Hall–Kier alpha value is -0.590. The van der Waals surface area contributed by atoms with Gasteiger partial charge in [-0.1, -0.05) is 0 Å². The molecule has 182 valence electrons. The number of nitrogens with two attached hydrogens (primary N) is 3. The van der Waals surface area contributed by atoms with Gasteiger partial charge < -0.3 is 67.4 Å². The highest BCUT2D eigenvalue weighted by Gasteiger charge is 2.52. The first-order valence-corrected chi connectivity index (χ1v) is 10.2. The molecule has 14 atom stereocenters. The quantitative estimate of drug-likeness (QED) is 0.190. The van der Waals surface area contributed by atoms with Gasteiger partial charge in [-0.05, 0) is 6.42 Å². The fourth-order valence-electron chi connectivity index (χ4n) is 4.30. The van der Waals surface area contributed by atoms with Crippen molar-refractivity contribution in [1.82, 2.24) is 5.32 Å². The van der Waals surface area contributed by atoms with Crippen LogP contribution in [0.15, 0.2) is 0 Å². The zero-order chi connectivity index (χ0) is 23.0. The second-order valence-electron chi connectivity index (χ2n) is 8.32. The number of alkyl halides is 1. The predicted molar refractivity (Wildman–Crippen MR) is 101 cm³/mol. The lowest BCUT2D eigenvalue weighted by Crippen LogP contribution is -2.67. The number of hydrogen-bond acceptors (Lipinski definition) is 13. The number of nitrogens with one attached hydrogen (secondary N) is 1. The third kappa shape index (κ3) is 4.86. The van der Waals surface area contributed by atoms with E-state index in [1.54, 1.807) is 0 Å². The minimum absolute atomic E-state index is 0.0871. The van der Waals surface area contributed by atoms with E-state index in [4.69, 9.17) is 31.4 Å². The lowest BCUT2D eigenvalue weighted by atomic mass is 9.83. The molecule has 0 bridgehead atoms. The van der Waals surface area contributed by atoms with Gasteiger partial charge in [-0.2, -0.15) is 0 Å². The Morgan fingerprint density at radius 3 is 2.26 bits per heavy atom. The summed E-state index contributed by atoms with van der Waals surface area (Å²) in [5.41, 5.74) is 17.4. The van der Waals surface area contributed by atoms with E-state index in [0.29, 0.717) is 0 Å². The van der Waals surface area contributed by atoms with Gasteiger partial charge in [-0.25, -0.2) is 4.39 Å². The van der Waals surface area contributed by atoms with E-state index in [1.807, 2.05) is 0 Å². The van der Waals surface area contributed by atoms with Crippen molar-refractivity contribution in [3.05, 3.63) is 0 Å². The molecule has 31 heavy (non-hydrogen) atoms. The Morgan fingerprint density at radius 1 is 1.00 bits per heavy atom. The minimum atomic E-state index is -2.07. The van der Waals surface area contributed by atoms with E-state index in [-0.39, 0.29) is 13.0 Å². The van der Waals surface area contributed by atoms with Crippen LogP contribution in [0.2, 0.25) is 0 Å². The van der Waals surface area contributed by atoms with Crippen molar-refractivity contribution in [3.63, 3.8) is 0 Å². The molecule has 0 aromatic rings. The highest BCUT2D eigenvalue weighted by molar-refractivity contribution is 5.04. The van der Waals surface area contributed by atoms with Gasteiger partial charge in [0.05, 0.1) is 18.8 Å². The molecular weight excluding hydrogens is 423 g/mol. The fraction of sp³-hybridized carbons (Fsp3) is 1.00.